The molecule has 120 valence electrons. The number of hydrogen-bond acceptors (Lipinski definition) is 1. The summed E-state index contributed by atoms with van der Waals surface area (Å²) in [4.78, 5) is 0. The van der Waals surface area contributed by atoms with E-state index in [1.165, 1.54) is 16.5 Å². The number of nitrogens with one attached hydrogen (secondary N) is 2. The molecule has 3 nitrogen and oxygen atoms in total. The number of halogens is 2. The molecule has 0 bridgehead atoms. The third-order valence-electron chi connectivity index (χ3n) is 3.98. The van der Waals surface area contributed by atoms with Gasteiger partial charge in [0.05, 0.1) is 21.8 Å². The second-order valence-corrected chi connectivity index (χ2v) is 6.10. The molecule has 0 fully saturated rings. The molecule has 24 heavy (non-hydrogen) atoms. The van der Waals surface area contributed by atoms with Gasteiger partial charge in [0.1, 0.15) is 0 Å². The third kappa shape index (κ3) is 2.79. The van der Waals surface area contributed by atoms with Gasteiger partial charge < -0.3 is 5.32 Å². The number of rotatable bonds is 2. The molecule has 1 aliphatic carbocycles. The molecule has 3 aromatic carbocycles. The summed E-state index contributed by atoms with van der Waals surface area (Å²) in [6, 6.07) is 20.1. The van der Waals surface area contributed by atoms with Crippen molar-refractivity contribution in [2.24, 2.45) is 0 Å². The summed E-state index contributed by atoms with van der Waals surface area (Å²) in [5, 5.41) is 13.9. The van der Waals surface area contributed by atoms with Crippen LogP contribution in [-0.2, 0) is 0 Å². The first-order chi connectivity index (χ1) is 11.2. The lowest BCUT2D eigenvalue weighted by atomic mass is 10.0. The van der Waals surface area contributed by atoms with E-state index in [-0.39, 0.29) is 18.4 Å². The minimum atomic E-state index is 0. The Hall–Kier alpha value is -2.30. The van der Waals surface area contributed by atoms with Crippen molar-refractivity contribution in [3.05, 3.63) is 71.8 Å². The highest BCUT2D eigenvalue weighted by Crippen LogP contribution is 2.35. The Morgan fingerprint density at radius 1 is 0.875 bits per heavy atom. The summed E-state index contributed by atoms with van der Waals surface area (Å²) >= 11 is 3.45. The van der Waals surface area contributed by atoms with E-state index >= 15 is 0 Å². The van der Waals surface area contributed by atoms with Crippen molar-refractivity contribution in [2.75, 3.05) is 9.24 Å². The minimum Gasteiger partial charge on any atom is -0.325 e. The molecule has 0 aromatic heterocycles. The van der Waals surface area contributed by atoms with E-state index in [1.807, 2.05) is 36.4 Å². The lowest BCUT2D eigenvalue weighted by Gasteiger charge is -2.19. The van der Waals surface area contributed by atoms with Crippen LogP contribution in [0.5, 0.6) is 0 Å². The van der Waals surface area contributed by atoms with Crippen LogP contribution in [0.2, 0.25) is 0 Å². The van der Waals surface area contributed by atoms with Gasteiger partial charge in [0, 0.05) is 11.1 Å². The van der Waals surface area contributed by atoms with Gasteiger partial charge in [-0.25, -0.2) is 3.93 Å². The van der Waals surface area contributed by atoms with Crippen LogP contribution >= 0.6 is 28.6 Å². The topological polar surface area (TPSA) is 39.1 Å². The van der Waals surface area contributed by atoms with Crippen molar-refractivity contribution in [2.45, 2.75) is 0 Å². The first-order valence-electron chi connectivity index (χ1n) is 7.34. The number of guanidine groups is 1. The van der Waals surface area contributed by atoms with Gasteiger partial charge in [0.25, 0.3) is 0 Å². The van der Waals surface area contributed by atoms with E-state index in [1.54, 1.807) is 3.93 Å². The molecule has 5 heteroatoms. The van der Waals surface area contributed by atoms with Crippen molar-refractivity contribution < 1.29 is 0 Å². The molecule has 0 spiro atoms. The van der Waals surface area contributed by atoms with Crippen LogP contribution < -0.4 is 9.24 Å². The first kappa shape index (κ1) is 16.6. The van der Waals surface area contributed by atoms with E-state index in [0.717, 1.165) is 16.8 Å². The van der Waals surface area contributed by atoms with Gasteiger partial charge in [-0.2, -0.15) is 0 Å². The lowest BCUT2D eigenvalue weighted by Crippen LogP contribution is -2.27. The molecule has 0 heterocycles. The zero-order valence-corrected chi connectivity index (χ0v) is 15.1. The minimum absolute atomic E-state index is 0. The molecule has 2 N–H and O–H groups in total. The fourth-order valence-electron chi connectivity index (χ4n) is 2.89. The number of hydrogen-bond donors (Lipinski definition) is 2. The first-order valence-corrected chi connectivity index (χ1v) is 8.05. The Morgan fingerprint density at radius 2 is 1.58 bits per heavy atom. The van der Waals surface area contributed by atoms with Crippen molar-refractivity contribution >= 4 is 68.8 Å². The van der Waals surface area contributed by atoms with E-state index < -0.39 is 0 Å². The van der Waals surface area contributed by atoms with Crippen molar-refractivity contribution in [1.29, 1.82) is 5.41 Å². The number of anilines is 2. The Kier molecular flexibility index (Phi) is 4.60. The molecule has 3 aromatic rings. The van der Waals surface area contributed by atoms with Gasteiger partial charge >= 0.3 is 0 Å². The van der Waals surface area contributed by atoms with Crippen LogP contribution in [-0.4, -0.2) is 5.96 Å². The largest absolute Gasteiger partial charge is 0.325 e. The summed E-state index contributed by atoms with van der Waals surface area (Å²) in [5.41, 5.74) is 4.29. The normalized spacial score (nSPS) is 11.2. The van der Waals surface area contributed by atoms with Crippen molar-refractivity contribution in [1.82, 2.24) is 0 Å². The zero-order valence-electron chi connectivity index (χ0n) is 12.7. The standard InChI is InChI=1S/C19H14BrN3.ClH/c20-23(15-6-2-1-3-7-15)19(21)22-17-12-11-14-10-9-13-5-4-8-16(17)18(13)14;/h1-12H,(H2,21,22);1H. The molecule has 0 amide bonds. The fraction of sp³-hybridized carbons (Fsp3) is 0. The molecule has 0 saturated heterocycles. The smallest absolute Gasteiger partial charge is 0.210 e. The number of nitrogens with zero attached hydrogens (tertiary/aromatic N) is 1. The Morgan fingerprint density at radius 3 is 2.33 bits per heavy atom. The molecular weight excluding hydrogens is 386 g/mol. The zero-order chi connectivity index (χ0) is 15.8. The lowest BCUT2D eigenvalue weighted by molar-refractivity contribution is 1.39. The van der Waals surface area contributed by atoms with Gasteiger partial charge in [0.15, 0.2) is 0 Å². The number of para-hydroxylation sites is 1. The van der Waals surface area contributed by atoms with Crippen molar-refractivity contribution in [3.63, 3.8) is 0 Å². The van der Waals surface area contributed by atoms with Crippen LogP contribution in [0, 0.1) is 5.41 Å². The fourth-order valence-corrected chi connectivity index (χ4v) is 3.22. The molecule has 0 atom stereocenters. The molecular formula is C19H15BrClN3. The van der Waals surface area contributed by atoms with Crippen LogP contribution in [0.1, 0.15) is 11.1 Å². The average Bonchev–Trinajstić information content (AvgIpc) is 3.02. The maximum atomic E-state index is 8.32. The molecule has 1 aliphatic rings. The van der Waals surface area contributed by atoms with Gasteiger partial charge in [-0.15, -0.1) is 12.4 Å². The Bertz CT molecular complexity index is 926. The Balaban J connectivity index is 0.00000169. The van der Waals surface area contributed by atoms with Crippen LogP contribution in [0.15, 0.2) is 60.7 Å². The summed E-state index contributed by atoms with van der Waals surface area (Å²) in [7, 11) is 0. The number of benzene rings is 3. The van der Waals surface area contributed by atoms with Gasteiger partial charge in [0.2, 0.25) is 5.96 Å². The highest BCUT2D eigenvalue weighted by atomic mass is 79.9. The maximum absolute atomic E-state index is 8.32. The molecule has 0 saturated carbocycles. The predicted octanol–water partition coefficient (Wildman–Crippen LogP) is 5.91. The van der Waals surface area contributed by atoms with E-state index in [2.05, 4.69) is 57.9 Å². The van der Waals surface area contributed by atoms with Crippen LogP contribution in [0.4, 0.5) is 11.4 Å². The highest BCUT2D eigenvalue weighted by Gasteiger charge is 2.14. The predicted molar refractivity (Wildman–Crippen MR) is 109 cm³/mol. The molecule has 0 unspecified atom stereocenters. The summed E-state index contributed by atoms with van der Waals surface area (Å²) in [6.07, 6.45) is 4.26. The van der Waals surface area contributed by atoms with E-state index in [4.69, 9.17) is 5.41 Å². The second-order valence-electron chi connectivity index (χ2n) is 5.40. The molecule has 0 radical (unpaired) electrons. The molecule has 0 aliphatic heterocycles. The quantitative estimate of drug-likeness (QED) is 0.249. The van der Waals surface area contributed by atoms with Crippen LogP contribution in [0.3, 0.4) is 0 Å². The Labute approximate surface area is 155 Å². The molecule has 4 rings (SSSR count). The second kappa shape index (κ2) is 6.67. The van der Waals surface area contributed by atoms with E-state index in [9.17, 15) is 0 Å². The maximum Gasteiger partial charge on any atom is 0.210 e. The van der Waals surface area contributed by atoms with Crippen LogP contribution in [0.25, 0.3) is 22.9 Å². The van der Waals surface area contributed by atoms with E-state index in [0.29, 0.717) is 0 Å². The van der Waals surface area contributed by atoms with Gasteiger partial charge in [-0.1, -0.05) is 54.6 Å². The third-order valence-corrected chi connectivity index (χ3v) is 4.74. The summed E-state index contributed by atoms with van der Waals surface area (Å²) in [6.45, 7) is 0. The average molecular weight is 401 g/mol. The van der Waals surface area contributed by atoms with Crippen molar-refractivity contribution in [3.8, 4) is 0 Å². The van der Waals surface area contributed by atoms with Gasteiger partial charge in [-0.05, 0) is 34.7 Å². The van der Waals surface area contributed by atoms with Gasteiger partial charge in [-0.3, -0.25) is 5.41 Å². The SMILES string of the molecule is Cl.N=C(Nc1ccc2c3c(cccc13)C=C2)N(Br)c1ccccc1. The highest BCUT2D eigenvalue weighted by molar-refractivity contribution is 9.10. The monoisotopic (exact) mass is 399 g/mol. The summed E-state index contributed by atoms with van der Waals surface area (Å²) < 4.78 is 1.65. The summed E-state index contributed by atoms with van der Waals surface area (Å²) in [5.74, 6) is 0.267.